The third-order valence-electron chi connectivity index (χ3n) is 5.07. The van der Waals surface area contributed by atoms with Crippen molar-refractivity contribution in [1.29, 1.82) is 0 Å². The van der Waals surface area contributed by atoms with Crippen LogP contribution in [0, 0.1) is 3.57 Å². The summed E-state index contributed by atoms with van der Waals surface area (Å²) in [7, 11) is 0. The van der Waals surface area contributed by atoms with Crippen LogP contribution in [0.4, 0.5) is 10.6 Å². The minimum atomic E-state index is -0.514. The van der Waals surface area contributed by atoms with E-state index in [1.807, 2.05) is 37.8 Å². The molecule has 158 valence electrons. The van der Waals surface area contributed by atoms with Gasteiger partial charge in [-0.15, -0.1) is 0 Å². The van der Waals surface area contributed by atoms with Gasteiger partial charge in [-0.25, -0.2) is 9.78 Å². The molecule has 0 aliphatic carbocycles. The monoisotopic (exact) mass is 594 g/mol. The first kappa shape index (κ1) is 22.8. The number of aromatic nitrogens is 2. The van der Waals surface area contributed by atoms with Crippen molar-refractivity contribution in [2.45, 2.75) is 58.7 Å². The van der Waals surface area contributed by atoms with Crippen LogP contribution in [0.5, 0.6) is 0 Å². The number of hydrogen-bond donors (Lipinski definition) is 0. The molecule has 1 aliphatic rings. The van der Waals surface area contributed by atoms with Gasteiger partial charge >= 0.3 is 6.09 Å². The fraction of sp³-hybridized carbons (Fsp3) is 0.550. The second-order valence-electron chi connectivity index (χ2n) is 8.13. The molecule has 1 aliphatic heterocycles. The number of likely N-dealkylation sites (N-methyl/N-ethyl adjacent to an activating group) is 1. The molecule has 2 heterocycles. The molecular weight excluding hydrogens is 571 g/mol. The van der Waals surface area contributed by atoms with Crippen LogP contribution in [0.2, 0.25) is 5.28 Å². The summed E-state index contributed by atoms with van der Waals surface area (Å²) >= 11 is 12.1. The molecule has 0 spiro atoms. The van der Waals surface area contributed by atoms with Gasteiger partial charge in [0, 0.05) is 22.9 Å². The topological polar surface area (TPSA) is 58.6 Å². The lowest BCUT2D eigenvalue weighted by Gasteiger charge is -2.34. The smallest absolute Gasteiger partial charge is 0.410 e. The van der Waals surface area contributed by atoms with E-state index in [1.165, 1.54) is 0 Å². The van der Waals surface area contributed by atoms with Gasteiger partial charge in [-0.2, -0.15) is 4.98 Å². The second kappa shape index (κ2) is 8.70. The molecular formula is C20H25BrClIN4O2. The molecule has 3 rings (SSSR count). The van der Waals surface area contributed by atoms with Gasteiger partial charge in [0.1, 0.15) is 11.4 Å². The van der Waals surface area contributed by atoms with Gasteiger partial charge in [-0.05, 0) is 103 Å². The number of hydrogen-bond acceptors (Lipinski definition) is 5. The minimum Gasteiger partial charge on any atom is -0.444 e. The largest absolute Gasteiger partial charge is 0.444 e. The van der Waals surface area contributed by atoms with Crippen molar-refractivity contribution >= 4 is 72.9 Å². The Balaban J connectivity index is 1.97. The van der Waals surface area contributed by atoms with Crippen molar-refractivity contribution in [3.8, 4) is 0 Å². The number of nitrogens with zero attached hydrogens (tertiary/aromatic N) is 4. The van der Waals surface area contributed by atoms with E-state index in [9.17, 15) is 4.79 Å². The SMILES string of the molecule is CCN(c1nc(Cl)nc2c(I)c(Br)ccc12)C1CCN(C(=O)OC(C)(C)C)C1C. The van der Waals surface area contributed by atoms with Gasteiger partial charge in [-0.3, -0.25) is 0 Å². The Hall–Kier alpha value is -0.870. The van der Waals surface area contributed by atoms with E-state index in [4.69, 9.17) is 16.3 Å². The molecule has 29 heavy (non-hydrogen) atoms. The Labute approximate surface area is 198 Å². The summed E-state index contributed by atoms with van der Waals surface area (Å²) in [5.74, 6) is 0.802. The average molecular weight is 596 g/mol. The standard InChI is InChI=1S/C20H25BrClIN4O2/c1-6-26(14-9-10-27(11(14)2)19(28)29-20(3,4)5)17-12-7-8-13(21)15(23)16(12)24-18(22)25-17/h7-8,11,14H,6,9-10H2,1-5H3. The zero-order valence-electron chi connectivity index (χ0n) is 17.2. The number of likely N-dealkylation sites (tertiary alicyclic amines) is 1. The lowest BCUT2D eigenvalue weighted by molar-refractivity contribution is 0.0233. The maximum Gasteiger partial charge on any atom is 0.410 e. The summed E-state index contributed by atoms with van der Waals surface area (Å²) in [6.45, 7) is 11.2. The molecule has 0 N–H and O–H groups in total. The van der Waals surface area contributed by atoms with Crippen LogP contribution in [0.3, 0.4) is 0 Å². The molecule has 2 aromatic rings. The van der Waals surface area contributed by atoms with Gasteiger partial charge in [-0.1, -0.05) is 0 Å². The Morgan fingerprint density at radius 1 is 1.41 bits per heavy atom. The van der Waals surface area contributed by atoms with E-state index in [1.54, 1.807) is 0 Å². The highest BCUT2D eigenvalue weighted by Gasteiger charge is 2.39. The number of fused-ring (bicyclic) bond motifs is 1. The highest BCUT2D eigenvalue weighted by molar-refractivity contribution is 14.1. The van der Waals surface area contributed by atoms with E-state index in [2.05, 4.69) is 67.2 Å². The Morgan fingerprint density at radius 2 is 2.10 bits per heavy atom. The van der Waals surface area contributed by atoms with E-state index >= 15 is 0 Å². The van der Waals surface area contributed by atoms with Crippen LogP contribution in [0.1, 0.15) is 41.0 Å². The molecule has 2 atom stereocenters. The highest BCUT2D eigenvalue weighted by Crippen LogP contribution is 2.35. The van der Waals surface area contributed by atoms with Crippen LogP contribution in [0.25, 0.3) is 10.9 Å². The lowest BCUT2D eigenvalue weighted by atomic mass is 10.1. The summed E-state index contributed by atoms with van der Waals surface area (Å²) < 4.78 is 7.56. The normalized spacial score (nSPS) is 19.7. The first-order valence-electron chi connectivity index (χ1n) is 9.61. The summed E-state index contributed by atoms with van der Waals surface area (Å²) in [5, 5.41) is 1.17. The summed E-state index contributed by atoms with van der Waals surface area (Å²) in [6.07, 6.45) is 0.568. The third kappa shape index (κ3) is 4.74. The molecule has 1 aromatic carbocycles. The summed E-state index contributed by atoms with van der Waals surface area (Å²) in [4.78, 5) is 25.7. The fourth-order valence-electron chi connectivity index (χ4n) is 3.77. The van der Waals surface area contributed by atoms with Gasteiger partial charge in [0.2, 0.25) is 5.28 Å². The van der Waals surface area contributed by atoms with E-state index in [-0.39, 0.29) is 23.5 Å². The van der Waals surface area contributed by atoms with Crippen LogP contribution >= 0.6 is 50.1 Å². The molecule has 9 heteroatoms. The summed E-state index contributed by atoms with van der Waals surface area (Å²) in [6, 6.07) is 4.12. The molecule has 6 nitrogen and oxygen atoms in total. The van der Waals surface area contributed by atoms with Crippen LogP contribution in [-0.2, 0) is 4.74 Å². The number of carbonyl (C=O) groups excluding carboxylic acids is 1. The molecule has 0 bridgehead atoms. The maximum atomic E-state index is 12.6. The number of rotatable bonds is 3. The number of amides is 1. The number of anilines is 1. The van der Waals surface area contributed by atoms with E-state index < -0.39 is 5.60 Å². The zero-order chi connectivity index (χ0) is 21.5. The van der Waals surface area contributed by atoms with E-state index in [0.717, 1.165) is 37.7 Å². The van der Waals surface area contributed by atoms with Crippen molar-refractivity contribution in [1.82, 2.24) is 14.9 Å². The molecule has 1 fully saturated rings. The average Bonchev–Trinajstić information content (AvgIpc) is 2.99. The number of benzene rings is 1. The Morgan fingerprint density at radius 3 is 2.72 bits per heavy atom. The molecule has 1 saturated heterocycles. The predicted octanol–water partition coefficient (Wildman–Crippen LogP) is 5.87. The molecule has 0 radical (unpaired) electrons. The second-order valence-corrected chi connectivity index (χ2v) is 10.4. The number of carbonyl (C=O) groups is 1. The van der Waals surface area contributed by atoms with Gasteiger partial charge < -0.3 is 14.5 Å². The molecule has 2 unspecified atom stereocenters. The lowest BCUT2D eigenvalue weighted by Crippen LogP contribution is -2.47. The summed E-state index contributed by atoms with van der Waals surface area (Å²) in [5.41, 5.74) is 0.308. The van der Waals surface area contributed by atoms with Crippen molar-refractivity contribution in [2.75, 3.05) is 18.0 Å². The van der Waals surface area contributed by atoms with Crippen molar-refractivity contribution < 1.29 is 9.53 Å². The first-order valence-corrected chi connectivity index (χ1v) is 11.9. The fourth-order valence-corrected chi connectivity index (χ4v) is 4.85. The molecule has 1 aromatic heterocycles. The zero-order valence-corrected chi connectivity index (χ0v) is 21.7. The van der Waals surface area contributed by atoms with Gasteiger partial charge in [0.25, 0.3) is 0 Å². The highest BCUT2D eigenvalue weighted by atomic mass is 127. The van der Waals surface area contributed by atoms with Crippen LogP contribution in [-0.4, -0.2) is 51.7 Å². The van der Waals surface area contributed by atoms with Crippen molar-refractivity contribution in [3.63, 3.8) is 0 Å². The van der Waals surface area contributed by atoms with Gasteiger partial charge in [0.05, 0.1) is 21.2 Å². The maximum absolute atomic E-state index is 12.6. The molecule has 0 saturated carbocycles. The third-order valence-corrected chi connectivity index (χ3v) is 7.73. The van der Waals surface area contributed by atoms with Crippen molar-refractivity contribution in [2.24, 2.45) is 0 Å². The van der Waals surface area contributed by atoms with Gasteiger partial charge in [0.15, 0.2) is 0 Å². The van der Waals surface area contributed by atoms with Crippen LogP contribution in [0.15, 0.2) is 16.6 Å². The predicted molar refractivity (Wildman–Crippen MR) is 129 cm³/mol. The minimum absolute atomic E-state index is 0.0110. The molecule has 1 amide bonds. The Bertz CT molecular complexity index is 937. The first-order chi connectivity index (χ1) is 13.5. The number of halogens is 3. The quantitative estimate of drug-likeness (QED) is 0.328. The van der Waals surface area contributed by atoms with Crippen molar-refractivity contribution in [3.05, 3.63) is 25.5 Å². The Kier molecular flexibility index (Phi) is 6.85. The van der Waals surface area contributed by atoms with Crippen LogP contribution < -0.4 is 4.90 Å². The van der Waals surface area contributed by atoms with E-state index in [0.29, 0.717) is 6.54 Å². The number of ether oxygens (including phenoxy) is 1.